The largest absolute Gasteiger partial charge is 0.394 e. The van der Waals surface area contributed by atoms with Crippen LogP contribution in [0.5, 0.6) is 0 Å². The van der Waals surface area contributed by atoms with E-state index in [1.54, 1.807) is 6.07 Å². The second kappa shape index (κ2) is 8.72. The maximum atomic E-state index is 13.3. The van der Waals surface area contributed by atoms with Gasteiger partial charge in [0, 0.05) is 31.4 Å². The number of nitrogens with zero attached hydrogens (tertiary/aromatic N) is 2. The minimum Gasteiger partial charge on any atom is -0.394 e. The zero-order valence-electron chi connectivity index (χ0n) is 14.0. The Kier molecular flexibility index (Phi) is 6.65. The number of halogens is 1. The molecular weight excluding hydrogens is 295 g/mol. The number of benzene rings is 1. The van der Waals surface area contributed by atoms with Crippen molar-refractivity contribution in [2.45, 2.75) is 32.7 Å². The van der Waals surface area contributed by atoms with Gasteiger partial charge in [-0.3, -0.25) is 4.99 Å². The van der Waals surface area contributed by atoms with E-state index >= 15 is 0 Å². The summed E-state index contributed by atoms with van der Waals surface area (Å²) in [6, 6.07) is 5.24. The molecule has 0 amide bonds. The highest BCUT2D eigenvalue weighted by molar-refractivity contribution is 5.80. The van der Waals surface area contributed by atoms with Crippen molar-refractivity contribution in [1.29, 1.82) is 0 Å². The maximum Gasteiger partial charge on any atom is 0.191 e. The molecule has 0 spiro atoms. The van der Waals surface area contributed by atoms with Crippen LogP contribution < -0.4 is 15.5 Å². The smallest absolute Gasteiger partial charge is 0.191 e. The number of hydrogen-bond acceptors (Lipinski definition) is 3. The van der Waals surface area contributed by atoms with E-state index < -0.39 is 0 Å². The van der Waals surface area contributed by atoms with E-state index in [1.807, 2.05) is 19.9 Å². The van der Waals surface area contributed by atoms with E-state index in [-0.39, 0.29) is 18.5 Å². The molecule has 5 nitrogen and oxygen atoms in total. The van der Waals surface area contributed by atoms with Gasteiger partial charge in [0.05, 0.1) is 13.2 Å². The van der Waals surface area contributed by atoms with Crippen molar-refractivity contribution in [2.75, 3.05) is 37.7 Å². The van der Waals surface area contributed by atoms with Gasteiger partial charge in [-0.1, -0.05) is 0 Å². The molecule has 0 saturated carbocycles. The van der Waals surface area contributed by atoms with Gasteiger partial charge in [-0.2, -0.15) is 0 Å². The Morgan fingerprint density at radius 3 is 3.00 bits per heavy atom. The van der Waals surface area contributed by atoms with Crippen LogP contribution >= 0.6 is 0 Å². The zero-order valence-corrected chi connectivity index (χ0v) is 14.0. The minimum atomic E-state index is -0.191. The molecule has 0 aromatic heterocycles. The summed E-state index contributed by atoms with van der Waals surface area (Å²) < 4.78 is 13.3. The molecule has 1 atom stereocenters. The number of hydrogen-bond donors (Lipinski definition) is 3. The predicted octanol–water partition coefficient (Wildman–Crippen LogP) is 1.65. The lowest BCUT2D eigenvalue weighted by molar-refractivity contribution is 0.306. The Labute approximate surface area is 137 Å². The lowest BCUT2D eigenvalue weighted by Gasteiger charge is -2.36. The minimum absolute atomic E-state index is 0.0438. The lowest BCUT2D eigenvalue weighted by atomic mass is 10.0. The van der Waals surface area contributed by atoms with Gasteiger partial charge >= 0.3 is 0 Å². The van der Waals surface area contributed by atoms with Gasteiger partial charge in [0.1, 0.15) is 5.82 Å². The van der Waals surface area contributed by atoms with Crippen LogP contribution in [0.2, 0.25) is 0 Å². The van der Waals surface area contributed by atoms with Crippen molar-refractivity contribution < 1.29 is 9.50 Å². The number of anilines is 1. The van der Waals surface area contributed by atoms with E-state index in [4.69, 9.17) is 5.11 Å². The molecule has 1 fully saturated rings. The summed E-state index contributed by atoms with van der Waals surface area (Å²) >= 11 is 0. The summed E-state index contributed by atoms with van der Waals surface area (Å²) in [4.78, 5) is 6.63. The van der Waals surface area contributed by atoms with Crippen molar-refractivity contribution in [1.82, 2.24) is 10.6 Å². The molecule has 1 saturated heterocycles. The molecule has 0 bridgehead atoms. The van der Waals surface area contributed by atoms with Crippen LogP contribution in [0.1, 0.15) is 25.3 Å². The monoisotopic (exact) mass is 322 g/mol. The van der Waals surface area contributed by atoms with Crippen LogP contribution in [-0.2, 0) is 0 Å². The number of aliphatic hydroxyl groups is 1. The van der Waals surface area contributed by atoms with Gasteiger partial charge in [-0.05, 0) is 50.5 Å². The summed E-state index contributed by atoms with van der Waals surface area (Å²) in [5.74, 6) is 0.549. The Balaban J connectivity index is 2.02. The van der Waals surface area contributed by atoms with Gasteiger partial charge in [-0.25, -0.2) is 4.39 Å². The van der Waals surface area contributed by atoms with Gasteiger partial charge in [0.2, 0.25) is 0 Å². The summed E-state index contributed by atoms with van der Waals surface area (Å²) in [6.45, 7) is 7.02. The third-order valence-corrected chi connectivity index (χ3v) is 3.98. The lowest BCUT2D eigenvalue weighted by Crippen LogP contribution is -2.51. The number of aryl methyl sites for hydroxylation is 1. The fraction of sp³-hybridized carbons (Fsp3) is 0.588. The number of nitrogens with one attached hydrogen (secondary N) is 2. The molecule has 2 rings (SSSR count). The van der Waals surface area contributed by atoms with Crippen LogP contribution in [-0.4, -0.2) is 49.9 Å². The van der Waals surface area contributed by atoms with E-state index in [0.717, 1.165) is 49.7 Å². The first-order valence-corrected chi connectivity index (χ1v) is 8.30. The van der Waals surface area contributed by atoms with Crippen molar-refractivity contribution in [2.24, 2.45) is 4.99 Å². The van der Waals surface area contributed by atoms with Crippen LogP contribution in [0.3, 0.4) is 0 Å². The third kappa shape index (κ3) is 5.10. The highest BCUT2D eigenvalue weighted by Crippen LogP contribution is 2.24. The van der Waals surface area contributed by atoms with Crippen molar-refractivity contribution in [3.8, 4) is 0 Å². The summed E-state index contributed by atoms with van der Waals surface area (Å²) in [5, 5.41) is 15.6. The number of piperidine rings is 1. The quantitative estimate of drug-likeness (QED) is 0.570. The molecule has 1 aliphatic rings. The highest BCUT2D eigenvalue weighted by Gasteiger charge is 2.22. The second-order valence-corrected chi connectivity index (χ2v) is 5.84. The molecule has 1 unspecified atom stereocenters. The fourth-order valence-electron chi connectivity index (χ4n) is 2.96. The van der Waals surface area contributed by atoms with Gasteiger partial charge in [-0.15, -0.1) is 0 Å². The molecule has 1 aromatic carbocycles. The average molecular weight is 322 g/mol. The standard InChI is InChI=1S/C17H27FN4O/c1-3-19-17(20-8-10-23)21-15-5-4-9-22(12-15)16-7-6-14(18)11-13(16)2/h6-7,11,15,23H,3-5,8-10,12H2,1-2H3,(H2,19,20,21). The zero-order chi connectivity index (χ0) is 16.7. The number of rotatable bonds is 5. The average Bonchev–Trinajstić information content (AvgIpc) is 2.53. The van der Waals surface area contributed by atoms with Gasteiger partial charge in [0.25, 0.3) is 0 Å². The number of aliphatic hydroxyl groups excluding tert-OH is 1. The van der Waals surface area contributed by atoms with Crippen LogP contribution in [0.4, 0.5) is 10.1 Å². The molecule has 1 aliphatic heterocycles. The molecule has 6 heteroatoms. The summed E-state index contributed by atoms with van der Waals surface area (Å²) in [7, 11) is 0. The van der Waals surface area contributed by atoms with Crippen LogP contribution in [0, 0.1) is 12.7 Å². The molecule has 0 radical (unpaired) electrons. The molecule has 1 heterocycles. The molecular formula is C17H27FN4O. The van der Waals surface area contributed by atoms with E-state index in [0.29, 0.717) is 6.54 Å². The molecule has 0 aliphatic carbocycles. The first kappa shape index (κ1) is 17.5. The fourth-order valence-corrected chi connectivity index (χ4v) is 2.96. The van der Waals surface area contributed by atoms with Crippen molar-refractivity contribution >= 4 is 11.6 Å². The SMILES string of the molecule is CCNC(=NCCO)NC1CCCN(c2ccc(F)cc2C)C1. The van der Waals surface area contributed by atoms with Crippen LogP contribution in [0.15, 0.2) is 23.2 Å². The normalized spacial score (nSPS) is 18.9. The van der Waals surface area contributed by atoms with E-state index in [2.05, 4.69) is 20.5 Å². The van der Waals surface area contributed by atoms with E-state index in [9.17, 15) is 4.39 Å². The van der Waals surface area contributed by atoms with Crippen LogP contribution in [0.25, 0.3) is 0 Å². The third-order valence-electron chi connectivity index (χ3n) is 3.98. The van der Waals surface area contributed by atoms with Gasteiger partial charge < -0.3 is 20.6 Å². The second-order valence-electron chi connectivity index (χ2n) is 5.84. The molecule has 23 heavy (non-hydrogen) atoms. The predicted molar refractivity (Wildman–Crippen MR) is 92.6 cm³/mol. The number of guanidine groups is 1. The number of aliphatic imine (C=N–C) groups is 1. The topological polar surface area (TPSA) is 59.9 Å². The molecule has 3 N–H and O–H groups in total. The maximum absolute atomic E-state index is 13.3. The Bertz CT molecular complexity index is 535. The Morgan fingerprint density at radius 2 is 2.30 bits per heavy atom. The summed E-state index contributed by atoms with van der Waals surface area (Å²) in [6.07, 6.45) is 2.15. The van der Waals surface area contributed by atoms with Crippen molar-refractivity contribution in [3.05, 3.63) is 29.6 Å². The van der Waals surface area contributed by atoms with Gasteiger partial charge in [0.15, 0.2) is 5.96 Å². The highest BCUT2D eigenvalue weighted by atomic mass is 19.1. The van der Waals surface area contributed by atoms with E-state index in [1.165, 1.54) is 6.07 Å². The summed E-state index contributed by atoms with van der Waals surface area (Å²) in [5.41, 5.74) is 2.06. The first-order valence-electron chi connectivity index (χ1n) is 8.30. The molecule has 128 valence electrons. The van der Waals surface area contributed by atoms with Crippen molar-refractivity contribution in [3.63, 3.8) is 0 Å². The first-order chi connectivity index (χ1) is 11.1. The Hall–Kier alpha value is -1.82. The Morgan fingerprint density at radius 1 is 1.48 bits per heavy atom. The molecule has 1 aromatic rings.